The molecule has 20 heavy (non-hydrogen) atoms. The maximum Gasteiger partial charge on any atom is 0.305 e. The predicted octanol–water partition coefficient (Wildman–Crippen LogP) is 4.06. The molecule has 1 rings (SSSR count). The molecular weight excluding hydrogens is 259 g/mol. The molecule has 1 aromatic carbocycles. The second-order valence-corrected chi connectivity index (χ2v) is 5.08. The molecule has 0 aliphatic carbocycles. The van der Waals surface area contributed by atoms with Crippen LogP contribution in [0, 0.1) is 5.82 Å². The Bertz CT molecular complexity index is 430. The van der Waals surface area contributed by atoms with Gasteiger partial charge in [-0.2, -0.15) is 0 Å². The summed E-state index contributed by atoms with van der Waals surface area (Å²) in [6.07, 6.45) is 2.85. The highest BCUT2D eigenvalue weighted by molar-refractivity contribution is 5.68. The molecule has 1 aromatic rings. The van der Waals surface area contributed by atoms with Crippen molar-refractivity contribution in [2.24, 2.45) is 0 Å². The van der Waals surface area contributed by atoms with Gasteiger partial charge in [0.05, 0.1) is 13.7 Å². The number of esters is 1. The molecule has 0 atom stereocenters. The molecule has 0 bridgehead atoms. The lowest BCUT2D eigenvalue weighted by Gasteiger charge is -2.11. The van der Waals surface area contributed by atoms with E-state index in [1.54, 1.807) is 12.1 Å². The van der Waals surface area contributed by atoms with Crippen LogP contribution in [-0.4, -0.2) is 19.7 Å². The number of hydrogen-bond donors (Lipinski definition) is 0. The van der Waals surface area contributed by atoms with Crippen molar-refractivity contribution in [1.29, 1.82) is 0 Å². The fourth-order valence-corrected chi connectivity index (χ4v) is 1.82. The molecule has 112 valence electrons. The van der Waals surface area contributed by atoms with Crippen molar-refractivity contribution < 1.29 is 18.7 Å². The summed E-state index contributed by atoms with van der Waals surface area (Å²) in [5.41, 5.74) is 1.06. The van der Waals surface area contributed by atoms with E-state index in [0.717, 1.165) is 24.8 Å². The molecule has 4 heteroatoms. The van der Waals surface area contributed by atoms with Crippen LogP contribution in [-0.2, 0) is 9.53 Å². The Balaban J connectivity index is 2.31. The third kappa shape index (κ3) is 5.59. The molecule has 0 radical (unpaired) electrons. The minimum atomic E-state index is -0.330. The molecule has 0 unspecified atom stereocenters. The zero-order valence-corrected chi connectivity index (χ0v) is 12.4. The maximum atomic E-state index is 13.6. The van der Waals surface area contributed by atoms with Gasteiger partial charge in [0.25, 0.3) is 0 Å². The first kappa shape index (κ1) is 16.5. The second-order valence-electron chi connectivity index (χ2n) is 5.08. The van der Waals surface area contributed by atoms with E-state index in [9.17, 15) is 9.18 Å². The number of methoxy groups -OCH3 is 1. The highest BCUT2D eigenvalue weighted by Gasteiger charge is 2.07. The van der Waals surface area contributed by atoms with Gasteiger partial charge in [0.1, 0.15) is 0 Å². The third-order valence-corrected chi connectivity index (χ3v) is 3.13. The number of ether oxygens (including phenoxy) is 2. The average molecular weight is 282 g/mol. The Hall–Kier alpha value is -1.58. The molecule has 0 aliphatic rings. The van der Waals surface area contributed by atoms with Crippen molar-refractivity contribution >= 4 is 5.97 Å². The molecule has 0 spiro atoms. The molecule has 0 fully saturated rings. The van der Waals surface area contributed by atoms with Gasteiger partial charge in [0.2, 0.25) is 0 Å². The number of unbranched alkanes of at least 4 members (excludes halogenated alkanes) is 2. The molecule has 0 heterocycles. The van der Waals surface area contributed by atoms with E-state index in [4.69, 9.17) is 4.74 Å². The highest BCUT2D eigenvalue weighted by Crippen LogP contribution is 2.23. The lowest BCUT2D eigenvalue weighted by molar-refractivity contribution is -0.140. The Morgan fingerprint density at radius 2 is 2.00 bits per heavy atom. The Morgan fingerprint density at radius 1 is 1.25 bits per heavy atom. The van der Waals surface area contributed by atoms with Gasteiger partial charge in [-0.05, 0) is 42.9 Å². The van der Waals surface area contributed by atoms with Gasteiger partial charge in [0.15, 0.2) is 11.6 Å². The van der Waals surface area contributed by atoms with Crippen LogP contribution in [0.3, 0.4) is 0 Å². The summed E-state index contributed by atoms with van der Waals surface area (Å²) in [6, 6.07) is 4.99. The van der Waals surface area contributed by atoms with Crippen LogP contribution in [0.1, 0.15) is 51.0 Å². The van der Waals surface area contributed by atoms with Gasteiger partial charge in [-0.3, -0.25) is 4.79 Å². The third-order valence-electron chi connectivity index (χ3n) is 3.13. The number of hydrogen-bond acceptors (Lipinski definition) is 3. The van der Waals surface area contributed by atoms with E-state index in [2.05, 4.69) is 18.6 Å². The topological polar surface area (TPSA) is 35.5 Å². The average Bonchev–Trinajstić information content (AvgIpc) is 2.43. The second kappa shape index (κ2) is 8.56. The van der Waals surface area contributed by atoms with Gasteiger partial charge in [-0.1, -0.05) is 19.9 Å². The first-order valence-corrected chi connectivity index (χ1v) is 7.03. The van der Waals surface area contributed by atoms with Gasteiger partial charge >= 0.3 is 5.97 Å². The molecule has 0 saturated heterocycles. The number of halogens is 1. The summed E-state index contributed by atoms with van der Waals surface area (Å²) in [6.45, 7) is 4.58. The van der Waals surface area contributed by atoms with E-state index in [-0.39, 0.29) is 11.8 Å². The minimum absolute atomic E-state index is 0.193. The molecule has 0 aliphatic heterocycles. The van der Waals surface area contributed by atoms with E-state index >= 15 is 0 Å². The van der Waals surface area contributed by atoms with Crippen molar-refractivity contribution in [1.82, 2.24) is 0 Å². The lowest BCUT2D eigenvalue weighted by atomic mass is 10.0. The van der Waals surface area contributed by atoms with Crippen LogP contribution in [0.4, 0.5) is 4.39 Å². The summed E-state index contributed by atoms with van der Waals surface area (Å²) in [4.78, 5) is 10.9. The molecule has 3 nitrogen and oxygen atoms in total. The summed E-state index contributed by atoms with van der Waals surface area (Å²) in [5, 5.41) is 0. The van der Waals surface area contributed by atoms with E-state index in [0.29, 0.717) is 24.7 Å². The number of rotatable bonds is 8. The fourth-order valence-electron chi connectivity index (χ4n) is 1.82. The summed E-state index contributed by atoms with van der Waals surface area (Å²) < 4.78 is 23.6. The normalized spacial score (nSPS) is 10.7. The smallest absolute Gasteiger partial charge is 0.305 e. The molecule has 0 aromatic heterocycles. The number of carbonyl (C=O) groups excluding carboxylic acids is 1. The van der Waals surface area contributed by atoms with E-state index in [1.807, 2.05) is 0 Å². The van der Waals surface area contributed by atoms with Crippen molar-refractivity contribution in [2.45, 2.75) is 45.4 Å². The Morgan fingerprint density at radius 3 is 2.65 bits per heavy atom. The quantitative estimate of drug-likeness (QED) is 0.533. The Kier molecular flexibility index (Phi) is 7.05. The zero-order valence-electron chi connectivity index (χ0n) is 12.4. The summed E-state index contributed by atoms with van der Waals surface area (Å²) in [5.74, 6) is 0.132. The van der Waals surface area contributed by atoms with E-state index < -0.39 is 0 Å². The highest BCUT2D eigenvalue weighted by atomic mass is 19.1. The fraction of sp³-hybridized carbons (Fsp3) is 0.562. The van der Waals surface area contributed by atoms with E-state index in [1.165, 1.54) is 13.2 Å². The van der Waals surface area contributed by atoms with Crippen LogP contribution >= 0.6 is 0 Å². The molecule has 0 amide bonds. The van der Waals surface area contributed by atoms with Crippen molar-refractivity contribution in [2.75, 3.05) is 13.7 Å². The largest absolute Gasteiger partial charge is 0.491 e. The first-order valence-electron chi connectivity index (χ1n) is 7.03. The zero-order chi connectivity index (χ0) is 15.0. The van der Waals surface area contributed by atoms with Crippen LogP contribution in [0.2, 0.25) is 0 Å². The predicted molar refractivity (Wildman–Crippen MR) is 76.5 cm³/mol. The van der Waals surface area contributed by atoms with Crippen molar-refractivity contribution in [3.63, 3.8) is 0 Å². The minimum Gasteiger partial charge on any atom is -0.491 e. The number of carbonyl (C=O) groups is 1. The lowest BCUT2D eigenvalue weighted by Crippen LogP contribution is -2.02. The monoisotopic (exact) mass is 282 g/mol. The standard InChI is InChI=1S/C16H23FO3/c1-12(2)13-8-9-14(17)15(11-13)20-10-6-4-5-7-16(18)19-3/h8-9,11-12H,4-7,10H2,1-3H3. The van der Waals surface area contributed by atoms with Gasteiger partial charge < -0.3 is 9.47 Å². The van der Waals surface area contributed by atoms with Crippen LogP contribution in [0.25, 0.3) is 0 Å². The first-order chi connectivity index (χ1) is 9.54. The van der Waals surface area contributed by atoms with Crippen LogP contribution in [0.15, 0.2) is 18.2 Å². The van der Waals surface area contributed by atoms with Gasteiger partial charge in [-0.25, -0.2) is 4.39 Å². The van der Waals surface area contributed by atoms with Crippen LogP contribution < -0.4 is 4.74 Å². The van der Waals surface area contributed by atoms with Crippen molar-refractivity contribution in [3.05, 3.63) is 29.6 Å². The van der Waals surface area contributed by atoms with Crippen molar-refractivity contribution in [3.8, 4) is 5.75 Å². The van der Waals surface area contributed by atoms with Gasteiger partial charge in [-0.15, -0.1) is 0 Å². The molecule has 0 N–H and O–H groups in total. The SMILES string of the molecule is COC(=O)CCCCCOc1cc(C(C)C)ccc1F. The summed E-state index contributed by atoms with van der Waals surface area (Å²) in [7, 11) is 1.38. The van der Waals surface area contributed by atoms with Crippen LogP contribution in [0.5, 0.6) is 5.75 Å². The molecule has 0 saturated carbocycles. The summed E-state index contributed by atoms with van der Waals surface area (Å²) >= 11 is 0. The molecular formula is C16H23FO3. The Labute approximate surface area is 120 Å². The number of benzene rings is 1. The van der Waals surface area contributed by atoms with Gasteiger partial charge in [0, 0.05) is 6.42 Å². The maximum absolute atomic E-state index is 13.6.